The maximum absolute atomic E-state index is 10.9. The third kappa shape index (κ3) is 4.02. The van der Waals surface area contributed by atoms with E-state index in [1.807, 2.05) is 0 Å². The highest BCUT2D eigenvalue weighted by Crippen LogP contribution is 2.15. The zero-order valence-electron chi connectivity index (χ0n) is 10.0. The molecule has 0 bridgehead atoms. The second kappa shape index (κ2) is 5.97. The molecule has 0 saturated heterocycles. The summed E-state index contributed by atoms with van der Waals surface area (Å²) in [6.07, 6.45) is 0.772. The number of amides is 2. The Kier molecular flexibility index (Phi) is 4.61. The summed E-state index contributed by atoms with van der Waals surface area (Å²) in [6.45, 7) is 1.34. The predicted octanol–water partition coefficient (Wildman–Crippen LogP) is -1.09. The fourth-order valence-corrected chi connectivity index (χ4v) is 1.45. The topological polar surface area (TPSA) is 123 Å². The number of anilines is 1. The van der Waals surface area contributed by atoms with Crippen LogP contribution in [0.15, 0.2) is 18.3 Å². The first-order chi connectivity index (χ1) is 8.40. The number of nitrogens with two attached hydrogens (primary N) is 2. The minimum atomic E-state index is -0.681. The van der Waals surface area contributed by atoms with Crippen molar-refractivity contribution in [3.63, 3.8) is 0 Å². The molecule has 0 aliphatic carbocycles. The van der Waals surface area contributed by atoms with Crippen molar-refractivity contribution in [2.45, 2.75) is 13.0 Å². The van der Waals surface area contributed by atoms with Gasteiger partial charge in [-0.05, 0) is 19.1 Å². The number of primary amides is 2. The van der Waals surface area contributed by atoms with Crippen molar-refractivity contribution in [2.24, 2.45) is 11.5 Å². The molecular formula is C11H16N4O3. The first-order valence-corrected chi connectivity index (χ1v) is 5.35. The molecule has 98 valence electrons. The number of hydrogen-bond acceptors (Lipinski definition) is 5. The lowest BCUT2D eigenvalue weighted by atomic mass is 10.2. The Bertz CT molecular complexity index is 414. The minimum absolute atomic E-state index is 0.126. The molecule has 1 atom stereocenters. The van der Waals surface area contributed by atoms with Gasteiger partial charge in [0.2, 0.25) is 11.8 Å². The number of carbonyl (C=O) groups is 2. The highest BCUT2D eigenvalue weighted by atomic mass is 16.3. The molecule has 0 radical (unpaired) electrons. The van der Waals surface area contributed by atoms with Crippen LogP contribution in [0.4, 0.5) is 5.69 Å². The van der Waals surface area contributed by atoms with E-state index in [0.29, 0.717) is 11.4 Å². The van der Waals surface area contributed by atoms with E-state index in [2.05, 4.69) is 4.98 Å². The van der Waals surface area contributed by atoms with Crippen LogP contribution < -0.4 is 16.4 Å². The average Bonchev–Trinajstić information content (AvgIpc) is 2.27. The van der Waals surface area contributed by atoms with Gasteiger partial charge < -0.3 is 21.5 Å². The Labute approximate surface area is 104 Å². The highest BCUT2D eigenvalue weighted by Gasteiger charge is 2.13. The largest absolute Gasteiger partial charge is 0.387 e. The van der Waals surface area contributed by atoms with Crippen LogP contribution in [0.5, 0.6) is 0 Å². The fourth-order valence-electron chi connectivity index (χ4n) is 1.45. The van der Waals surface area contributed by atoms with Crippen molar-refractivity contribution in [1.29, 1.82) is 0 Å². The summed E-state index contributed by atoms with van der Waals surface area (Å²) in [7, 11) is 0. The molecule has 7 nitrogen and oxygen atoms in total. The van der Waals surface area contributed by atoms with Crippen LogP contribution in [0.1, 0.15) is 18.7 Å². The molecule has 1 aromatic rings. The SMILES string of the molecule is C[C@H](O)c1ccc(N(CC(N)=O)CC(N)=O)cn1. The molecule has 18 heavy (non-hydrogen) atoms. The molecule has 2 amide bonds. The predicted molar refractivity (Wildman–Crippen MR) is 65.5 cm³/mol. The van der Waals surface area contributed by atoms with Crippen molar-refractivity contribution in [3.8, 4) is 0 Å². The summed E-state index contributed by atoms with van der Waals surface area (Å²) < 4.78 is 0. The van der Waals surface area contributed by atoms with Crippen molar-refractivity contribution < 1.29 is 14.7 Å². The molecule has 0 fully saturated rings. The van der Waals surface area contributed by atoms with E-state index in [1.54, 1.807) is 19.1 Å². The second-order valence-electron chi connectivity index (χ2n) is 3.91. The molecule has 0 saturated carbocycles. The summed E-state index contributed by atoms with van der Waals surface area (Å²) in [6, 6.07) is 3.25. The molecule has 0 aliphatic rings. The Morgan fingerprint density at radius 3 is 2.22 bits per heavy atom. The Morgan fingerprint density at radius 2 is 1.89 bits per heavy atom. The van der Waals surface area contributed by atoms with Gasteiger partial charge in [-0.3, -0.25) is 14.6 Å². The van der Waals surface area contributed by atoms with Gasteiger partial charge >= 0.3 is 0 Å². The van der Waals surface area contributed by atoms with Crippen LogP contribution in [-0.2, 0) is 9.59 Å². The van der Waals surface area contributed by atoms with Gasteiger partial charge in [0, 0.05) is 0 Å². The lowest BCUT2D eigenvalue weighted by Crippen LogP contribution is -2.39. The zero-order chi connectivity index (χ0) is 13.7. The number of aliphatic hydroxyl groups excluding tert-OH is 1. The van der Waals surface area contributed by atoms with Crippen LogP contribution in [-0.4, -0.2) is 35.0 Å². The average molecular weight is 252 g/mol. The van der Waals surface area contributed by atoms with Crippen LogP contribution in [0.3, 0.4) is 0 Å². The van der Waals surface area contributed by atoms with Crippen molar-refractivity contribution in [2.75, 3.05) is 18.0 Å². The van der Waals surface area contributed by atoms with E-state index in [9.17, 15) is 14.7 Å². The second-order valence-corrected chi connectivity index (χ2v) is 3.91. The van der Waals surface area contributed by atoms with Crippen LogP contribution in [0.2, 0.25) is 0 Å². The number of hydrogen-bond donors (Lipinski definition) is 3. The lowest BCUT2D eigenvalue weighted by molar-refractivity contribution is -0.117. The van der Waals surface area contributed by atoms with E-state index in [-0.39, 0.29) is 13.1 Å². The number of carbonyl (C=O) groups excluding carboxylic acids is 2. The van der Waals surface area contributed by atoms with E-state index in [0.717, 1.165) is 0 Å². The standard InChI is InChI=1S/C11H16N4O3/c1-7(16)9-3-2-8(4-14-9)15(5-10(12)17)6-11(13)18/h2-4,7,16H,5-6H2,1H3,(H2,12,17)(H2,13,18)/t7-/m0/s1. The molecule has 1 rings (SSSR count). The summed E-state index contributed by atoms with van der Waals surface area (Å²) >= 11 is 0. The third-order valence-corrected chi connectivity index (χ3v) is 2.26. The number of aliphatic hydroxyl groups is 1. The zero-order valence-corrected chi connectivity index (χ0v) is 10.0. The first kappa shape index (κ1) is 13.9. The van der Waals surface area contributed by atoms with Gasteiger partial charge in [0.1, 0.15) is 0 Å². The molecule has 1 aromatic heterocycles. The van der Waals surface area contributed by atoms with Gasteiger partial charge in [0.15, 0.2) is 0 Å². The van der Waals surface area contributed by atoms with E-state index >= 15 is 0 Å². The maximum Gasteiger partial charge on any atom is 0.236 e. The van der Waals surface area contributed by atoms with Crippen molar-refractivity contribution in [3.05, 3.63) is 24.0 Å². The number of nitrogens with zero attached hydrogens (tertiary/aromatic N) is 2. The van der Waals surface area contributed by atoms with Crippen LogP contribution in [0.25, 0.3) is 0 Å². The van der Waals surface area contributed by atoms with Gasteiger partial charge in [-0.2, -0.15) is 0 Å². The summed E-state index contributed by atoms with van der Waals surface area (Å²) in [5, 5.41) is 9.32. The number of aromatic nitrogens is 1. The number of pyridine rings is 1. The van der Waals surface area contributed by atoms with Crippen molar-refractivity contribution in [1.82, 2.24) is 4.98 Å². The first-order valence-electron chi connectivity index (χ1n) is 5.35. The van der Waals surface area contributed by atoms with E-state index in [4.69, 9.17) is 11.5 Å². The molecule has 0 aliphatic heterocycles. The lowest BCUT2D eigenvalue weighted by Gasteiger charge is -2.21. The summed E-state index contributed by atoms with van der Waals surface area (Å²) in [5.41, 5.74) is 11.2. The van der Waals surface area contributed by atoms with Gasteiger partial charge in [0.05, 0.1) is 36.8 Å². The van der Waals surface area contributed by atoms with E-state index in [1.165, 1.54) is 11.1 Å². The molecule has 0 unspecified atom stereocenters. The molecule has 0 aromatic carbocycles. The normalized spacial score (nSPS) is 11.9. The smallest absolute Gasteiger partial charge is 0.236 e. The molecule has 7 heteroatoms. The number of rotatable bonds is 6. The minimum Gasteiger partial charge on any atom is -0.387 e. The molecule has 5 N–H and O–H groups in total. The fraction of sp³-hybridized carbons (Fsp3) is 0.364. The monoisotopic (exact) mass is 252 g/mol. The van der Waals surface area contributed by atoms with Gasteiger partial charge in [-0.25, -0.2) is 0 Å². The Morgan fingerprint density at radius 1 is 1.33 bits per heavy atom. The third-order valence-electron chi connectivity index (χ3n) is 2.26. The quantitative estimate of drug-likeness (QED) is 0.593. The van der Waals surface area contributed by atoms with Crippen LogP contribution in [0, 0.1) is 0 Å². The maximum atomic E-state index is 10.9. The summed E-state index contributed by atoms with van der Waals surface area (Å²) in [4.78, 5) is 27.3. The van der Waals surface area contributed by atoms with Crippen molar-refractivity contribution >= 4 is 17.5 Å². The Balaban J connectivity index is 2.90. The Hall–Kier alpha value is -2.15. The summed E-state index contributed by atoms with van der Waals surface area (Å²) in [5.74, 6) is -1.15. The van der Waals surface area contributed by atoms with Gasteiger partial charge in [-0.15, -0.1) is 0 Å². The molecular weight excluding hydrogens is 236 g/mol. The van der Waals surface area contributed by atoms with Crippen LogP contribution >= 0.6 is 0 Å². The molecule has 1 heterocycles. The van der Waals surface area contributed by atoms with E-state index < -0.39 is 17.9 Å². The van der Waals surface area contributed by atoms with Gasteiger partial charge in [-0.1, -0.05) is 0 Å². The molecule has 0 spiro atoms. The van der Waals surface area contributed by atoms with Gasteiger partial charge in [0.25, 0.3) is 0 Å². The highest BCUT2D eigenvalue weighted by molar-refractivity contribution is 5.84.